The topological polar surface area (TPSA) is 44.8 Å². The maximum atomic E-state index is 11.8. The molecule has 4 unspecified atom stereocenters. The fraction of sp³-hybridized carbons (Fsp3) is 0.727. The molecule has 82 valence electrons. The summed E-state index contributed by atoms with van der Waals surface area (Å²) in [4.78, 5) is 11.8. The molecule has 0 aromatic rings. The second-order valence-electron chi connectivity index (χ2n) is 4.30. The SMILES string of the molecule is O=C1C=COC2COC3COCCC3C12. The van der Waals surface area contributed by atoms with Crippen LogP contribution in [0.4, 0.5) is 0 Å². The normalized spacial score (nSPS) is 44.1. The monoisotopic (exact) mass is 210 g/mol. The minimum atomic E-state index is -0.0816. The van der Waals surface area contributed by atoms with Crippen LogP contribution in [-0.2, 0) is 19.0 Å². The van der Waals surface area contributed by atoms with Gasteiger partial charge in [0.25, 0.3) is 0 Å². The van der Waals surface area contributed by atoms with E-state index in [1.54, 1.807) is 6.08 Å². The lowest BCUT2D eigenvalue weighted by molar-refractivity contribution is -0.181. The number of hydrogen-bond acceptors (Lipinski definition) is 4. The molecule has 0 saturated carbocycles. The van der Waals surface area contributed by atoms with Crippen molar-refractivity contribution in [3.63, 3.8) is 0 Å². The third-order valence-electron chi connectivity index (χ3n) is 3.51. The van der Waals surface area contributed by atoms with E-state index in [4.69, 9.17) is 14.2 Å². The Morgan fingerprint density at radius 2 is 2.20 bits per heavy atom. The first-order chi connectivity index (χ1) is 7.36. The summed E-state index contributed by atoms with van der Waals surface area (Å²) in [6.45, 7) is 1.85. The van der Waals surface area contributed by atoms with Crippen molar-refractivity contribution in [3.05, 3.63) is 12.3 Å². The molecule has 2 fully saturated rings. The van der Waals surface area contributed by atoms with E-state index in [2.05, 4.69) is 0 Å². The Morgan fingerprint density at radius 3 is 3.13 bits per heavy atom. The summed E-state index contributed by atoms with van der Waals surface area (Å²) in [5.74, 6) is 0.444. The number of ether oxygens (including phenoxy) is 3. The average Bonchev–Trinajstić information content (AvgIpc) is 2.29. The highest BCUT2D eigenvalue weighted by Crippen LogP contribution is 2.36. The Bertz CT molecular complexity index is 299. The maximum absolute atomic E-state index is 11.8. The van der Waals surface area contributed by atoms with Crippen LogP contribution in [0.3, 0.4) is 0 Å². The number of ketones is 1. The number of rotatable bonds is 0. The van der Waals surface area contributed by atoms with Gasteiger partial charge in [0.1, 0.15) is 6.10 Å². The molecule has 3 rings (SSSR count). The first-order valence-corrected chi connectivity index (χ1v) is 5.41. The number of carbonyl (C=O) groups is 1. The molecule has 0 bridgehead atoms. The molecule has 3 aliphatic rings. The van der Waals surface area contributed by atoms with Crippen LogP contribution in [0.15, 0.2) is 12.3 Å². The van der Waals surface area contributed by atoms with E-state index in [9.17, 15) is 4.79 Å². The molecule has 0 N–H and O–H groups in total. The van der Waals surface area contributed by atoms with Crippen molar-refractivity contribution in [2.24, 2.45) is 11.8 Å². The van der Waals surface area contributed by atoms with Crippen molar-refractivity contribution in [1.29, 1.82) is 0 Å². The van der Waals surface area contributed by atoms with Crippen molar-refractivity contribution in [2.45, 2.75) is 18.6 Å². The number of fused-ring (bicyclic) bond motifs is 3. The van der Waals surface area contributed by atoms with Crippen molar-refractivity contribution < 1.29 is 19.0 Å². The predicted molar refractivity (Wildman–Crippen MR) is 51.2 cm³/mol. The van der Waals surface area contributed by atoms with Crippen LogP contribution in [-0.4, -0.2) is 37.8 Å². The molecule has 0 aromatic carbocycles. The third kappa shape index (κ3) is 1.48. The lowest BCUT2D eigenvalue weighted by Gasteiger charge is -2.44. The lowest BCUT2D eigenvalue weighted by atomic mass is 9.76. The van der Waals surface area contributed by atoms with E-state index in [-0.39, 0.29) is 29.8 Å². The summed E-state index contributed by atoms with van der Waals surface area (Å²) in [5, 5.41) is 0. The van der Waals surface area contributed by atoms with Gasteiger partial charge in [-0.2, -0.15) is 0 Å². The lowest BCUT2D eigenvalue weighted by Crippen LogP contribution is -2.53. The number of allylic oxidation sites excluding steroid dienone is 1. The molecular formula is C11H14O4. The Balaban J connectivity index is 1.86. The molecule has 0 spiro atoms. The van der Waals surface area contributed by atoms with Crippen LogP contribution >= 0.6 is 0 Å². The van der Waals surface area contributed by atoms with Gasteiger partial charge in [0.2, 0.25) is 0 Å². The van der Waals surface area contributed by atoms with Gasteiger partial charge in [0.15, 0.2) is 5.78 Å². The van der Waals surface area contributed by atoms with Crippen LogP contribution in [0.2, 0.25) is 0 Å². The Kier molecular flexibility index (Phi) is 2.25. The van der Waals surface area contributed by atoms with Crippen molar-refractivity contribution >= 4 is 5.78 Å². The van der Waals surface area contributed by atoms with E-state index in [0.717, 1.165) is 13.0 Å². The molecule has 4 nitrogen and oxygen atoms in total. The molecule has 0 radical (unpaired) electrons. The molecule has 3 aliphatic heterocycles. The predicted octanol–water partition coefficient (Wildman–Crippen LogP) is 0.519. The highest BCUT2D eigenvalue weighted by Gasteiger charge is 2.46. The van der Waals surface area contributed by atoms with Gasteiger partial charge in [-0.25, -0.2) is 0 Å². The first-order valence-electron chi connectivity index (χ1n) is 5.41. The molecule has 4 atom stereocenters. The number of carbonyl (C=O) groups excluding carboxylic acids is 1. The third-order valence-corrected chi connectivity index (χ3v) is 3.51. The number of hydrogen-bond donors (Lipinski definition) is 0. The standard InChI is InChI=1S/C11H14O4/c12-8-2-4-14-10-6-15-9-5-13-3-1-7(9)11(8)10/h2,4,7,9-11H,1,3,5-6H2. The Labute approximate surface area is 88.2 Å². The van der Waals surface area contributed by atoms with Crippen molar-refractivity contribution in [1.82, 2.24) is 0 Å². The van der Waals surface area contributed by atoms with Crippen LogP contribution in [0.1, 0.15) is 6.42 Å². The maximum Gasteiger partial charge on any atom is 0.165 e. The fourth-order valence-corrected chi connectivity index (χ4v) is 2.75. The molecule has 0 aromatic heterocycles. The quantitative estimate of drug-likeness (QED) is 0.584. The van der Waals surface area contributed by atoms with Gasteiger partial charge in [-0.15, -0.1) is 0 Å². The van der Waals surface area contributed by atoms with Gasteiger partial charge >= 0.3 is 0 Å². The van der Waals surface area contributed by atoms with Crippen LogP contribution < -0.4 is 0 Å². The zero-order valence-electron chi connectivity index (χ0n) is 8.43. The summed E-state index contributed by atoms with van der Waals surface area (Å²) < 4.78 is 16.5. The minimum absolute atomic E-state index is 0.0161. The van der Waals surface area contributed by atoms with Gasteiger partial charge in [-0.3, -0.25) is 4.79 Å². The summed E-state index contributed by atoms with van der Waals surface area (Å²) >= 11 is 0. The zero-order chi connectivity index (χ0) is 10.3. The van der Waals surface area contributed by atoms with E-state index in [1.165, 1.54) is 6.26 Å². The van der Waals surface area contributed by atoms with E-state index in [0.29, 0.717) is 13.2 Å². The average molecular weight is 210 g/mol. The fourth-order valence-electron chi connectivity index (χ4n) is 2.75. The molecule has 0 aliphatic carbocycles. The van der Waals surface area contributed by atoms with Gasteiger partial charge in [-0.1, -0.05) is 0 Å². The minimum Gasteiger partial charge on any atom is -0.495 e. The molecule has 15 heavy (non-hydrogen) atoms. The highest BCUT2D eigenvalue weighted by molar-refractivity contribution is 5.93. The summed E-state index contributed by atoms with van der Waals surface area (Å²) in [7, 11) is 0. The second-order valence-corrected chi connectivity index (χ2v) is 4.30. The Hall–Kier alpha value is -0.870. The van der Waals surface area contributed by atoms with Crippen molar-refractivity contribution in [2.75, 3.05) is 19.8 Å². The van der Waals surface area contributed by atoms with Gasteiger partial charge in [0, 0.05) is 18.6 Å². The molecular weight excluding hydrogens is 196 g/mol. The first kappa shape index (κ1) is 9.36. The van der Waals surface area contributed by atoms with Gasteiger partial charge in [-0.05, 0) is 6.42 Å². The molecule has 3 heterocycles. The summed E-state index contributed by atoms with van der Waals surface area (Å²) in [5.41, 5.74) is 0. The van der Waals surface area contributed by atoms with E-state index in [1.807, 2.05) is 0 Å². The molecule has 0 amide bonds. The zero-order valence-corrected chi connectivity index (χ0v) is 8.43. The van der Waals surface area contributed by atoms with Gasteiger partial charge < -0.3 is 14.2 Å². The van der Waals surface area contributed by atoms with Gasteiger partial charge in [0.05, 0.1) is 31.5 Å². The largest absolute Gasteiger partial charge is 0.495 e. The summed E-state index contributed by atoms with van der Waals surface area (Å²) in [6, 6.07) is 0. The molecule has 4 heteroatoms. The van der Waals surface area contributed by atoms with Crippen LogP contribution in [0, 0.1) is 11.8 Å². The van der Waals surface area contributed by atoms with E-state index < -0.39 is 0 Å². The van der Waals surface area contributed by atoms with Crippen LogP contribution in [0.5, 0.6) is 0 Å². The van der Waals surface area contributed by atoms with Crippen molar-refractivity contribution in [3.8, 4) is 0 Å². The smallest absolute Gasteiger partial charge is 0.165 e. The van der Waals surface area contributed by atoms with E-state index >= 15 is 0 Å². The Morgan fingerprint density at radius 1 is 1.27 bits per heavy atom. The summed E-state index contributed by atoms with van der Waals surface area (Å²) in [6.07, 6.45) is 3.93. The molecule has 2 saturated heterocycles. The van der Waals surface area contributed by atoms with Crippen LogP contribution in [0.25, 0.3) is 0 Å². The second kappa shape index (κ2) is 3.61. The highest BCUT2D eigenvalue weighted by atomic mass is 16.6.